The van der Waals surface area contributed by atoms with E-state index in [1.165, 1.54) is 6.42 Å². The Hall–Kier alpha value is -0.420. The van der Waals surface area contributed by atoms with Crippen LogP contribution in [0.4, 0.5) is 0 Å². The Kier molecular flexibility index (Phi) is 3.88. The zero-order chi connectivity index (χ0) is 12.5. The molecule has 0 saturated carbocycles. The summed E-state index contributed by atoms with van der Waals surface area (Å²) in [5.41, 5.74) is 0. The summed E-state index contributed by atoms with van der Waals surface area (Å²) in [5, 5.41) is 3.41. The highest BCUT2D eigenvalue weighted by Gasteiger charge is 2.42. The number of Topliss-reactive ketones (excluding diaryl/α,β-unsaturated/α-hetero) is 1. The predicted molar refractivity (Wildman–Crippen MR) is 66.6 cm³/mol. The smallest absolute Gasteiger partial charge is 0.150 e. The molecule has 5 heteroatoms. The Morgan fingerprint density at radius 3 is 2.59 bits per heavy atom. The molecular formula is C12H21NO3S. The fraction of sp³-hybridized carbons (Fsp3) is 0.917. The van der Waals surface area contributed by atoms with Crippen molar-refractivity contribution < 1.29 is 13.2 Å². The average molecular weight is 259 g/mol. The molecule has 0 aromatic rings. The summed E-state index contributed by atoms with van der Waals surface area (Å²) < 4.78 is 23.1. The van der Waals surface area contributed by atoms with Crippen molar-refractivity contribution in [1.29, 1.82) is 0 Å². The third-order valence-electron chi connectivity index (χ3n) is 3.89. The lowest BCUT2D eigenvalue weighted by atomic mass is 9.85. The topological polar surface area (TPSA) is 63.2 Å². The largest absolute Gasteiger partial charge is 0.310 e. The minimum absolute atomic E-state index is 0.0353. The lowest BCUT2D eigenvalue weighted by molar-refractivity contribution is -0.123. The molecule has 2 heterocycles. The van der Waals surface area contributed by atoms with Crippen molar-refractivity contribution in [1.82, 2.24) is 5.32 Å². The Bertz CT molecular complexity index is 391. The molecule has 0 radical (unpaired) electrons. The predicted octanol–water partition coefficient (Wildman–Crippen LogP) is 0.911. The summed E-state index contributed by atoms with van der Waals surface area (Å²) in [6.07, 6.45) is 3.99. The fourth-order valence-corrected chi connectivity index (χ4v) is 4.37. The minimum atomic E-state index is -3.01. The van der Waals surface area contributed by atoms with Crippen molar-refractivity contribution in [2.75, 3.05) is 11.5 Å². The van der Waals surface area contributed by atoms with Crippen molar-refractivity contribution in [2.24, 2.45) is 5.92 Å². The third kappa shape index (κ3) is 3.07. The van der Waals surface area contributed by atoms with Gasteiger partial charge in [-0.2, -0.15) is 0 Å². The summed E-state index contributed by atoms with van der Waals surface area (Å²) in [5.74, 6) is 0.456. The Labute approximate surface area is 103 Å². The molecule has 2 aliphatic rings. The highest BCUT2D eigenvalue weighted by Crippen LogP contribution is 2.34. The van der Waals surface area contributed by atoms with E-state index < -0.39 is 9.84 Å². The van der Waals surface area contributed by atoms with Crippen LogP contribution in [0.25, 0.3) is 0 Å². The van der Waals surface area contributed by atoms with Crippen molar-refractivity contribution in [3.8, 4) is 0 Å². The average Bonchev–Trinajstić information content (AvgIpc) is 2.87. The van der Waals surface area contributed by atoms with Gasteiger partial charge in [-0.05, 0) is 25.7 Å². The second-order valence-electron chi connectivity index (χ2n) is 5.26. The maximum Gasteiger partial charge on any atom is 0.150 e. The zero-order valence-corrected chi connectivity index (χ0v) is 11.1. The van der Waals surface area contributed by atoms with Gasteiger partial charge in [0.25, 0.3) is 0 Å². The van der Waals surface area contributed by atoms with Crippen LogP contribution in [0.3, 0.4) is 0 Å². The van der Waals surface area contributed by atoms with E-state index in [4.69, 9.17) is 0 Å². The molecular weight excluding hydrogens is 238 g/mol. The molecule has 0 amide bonds. The summed E-state index contributed by atoms with van der Waals surface area (Å²) in [6.45, 7) is 1.85. The van der Waals surface area contributed by atoms with Gasteiger partial charge in [0.05, 0.1) is 5.75 Å². The summed E-state index contributed by atoms with van der Waals surface area (Å²) in [4.78, 5) is 12.0. The first-order valence-electron chi connectivity index (χ1n) is 6.51. The van der Waals surface area contributed by atoms with E-state index in [1.54, 1.807) is 0 Å². The van der Waals surface area contributed by atoms with Crippen LogP contribution >= 0.6 is 0 Å². The second-order valence-corrected chi connectivity index (χ2v) is 7.56. The molecule has 2 bridgehead atoms. The van der Waals surface area contributed by atoms with Gasteiger partial charge < -0.3 is 5.32 Å². The highest BCUT2D eigenvalue weighted by atomic mass is 32.2. The van der Waals surface area contributed by atoms with Crippen LogP contribution in [0.15, 0.2) is 0 Å². The Morgan fingerprint density at radius 1 is 1.29 bits per heavy atom. The molecule has 2 saturated heterocycles. The van der Waals surface area contributed by atoms with Crippen molar-refractivity contribution >= 4 is 15.6 Å². The minimum Gasteiger partial charge on any atom is -0.310 e. The number of nitrogens with one attached hydrogen (secondary N) is 1. The number of carbonyl (C=O) groups is 1. The molecule has 2 rings (SSSR count). The molecule has 17 heavy (non-hydrogen) atoms. The van der Waals surface area contributed by atoms with Gasteiger partial charge in [-0.3, -0.25) is 4.79 Å². The Balaban J connectivity index is 1.82. The maximum atomic E-state index is 12.0. The van der Waals surface area contributed by atoms with Crippen molar-refractivity contribution in [3.63, 3.8) is 0 Å². The number of ketones is 1. The first-order chi connectivity index (χ1) is 8.02. The van der Waals surface area contributed by atoms with Gasteiger partial charge in [0, 0.05) is 30.2 Å². The molecule has 3 atom stereocenters. The molecule has 0 spiro atoms. The number of hydrogen-bond acceptors (Lipinski definition) is 4. The maximum absolute atomic E-state index is 12.0. The molecule has 3 unspecified atom stereocenters. The number of fused-ring (bicyclic) bond motifs is 2. The van der Waals surface area contributed by atoms with Crippen LogP contribution in [0.5, 0.6) is 0 Å². The molecule has 0 aliphatic carbocycles. The summed E-state index contributed by atoms with van der Waals surface area (Å²) >= 11 is 0. The van der Waals surface area contributed by atoms with Gasteiger partial charge in [0.2, 0.25) is 0 Å². The molecule has 2 aliphatic heterocycles. The number of rotatable bonds is 6. The molecule has 0 aromatic heterocycles. The van der Waals surface area contributed by atoms with Crippen LogP contribution in [0.2, 0.25) is 0 Å². The SMILES string of the molecule is CCCS(=O)(=O)CCC(=O)C1CC2CCC1N2. The normalized spacial score (nSPS) is 31.9. The van der Waals surface area contributed by atoms with Gasteiger partial charge in [-0.1, -0.05) is 6.92 Å². The van der Waals surface area contributed by atoms with E-state index in [-0.39, 0.29) is 29.6 Å². The number of sulfone groups is 1. The molecule has 2 fully saturated rings. The van der Waals surface area contributed by atoms with Crippen molar-refractivity contribution in [2.45, 2.75) is 51.1 Å². The standard InChI is InChI=1S/C12H21NO3S/c1-2-6-17(15,16)7-5-12(14)10-8-9-3-4-11(10)13-9/h9-11,13H,2-8H2,1H3. The summed E-state index contributed by atoms with van der Waals surface area (Å²) in [7, 11) is -3.01. The fourth-order valence-electron chi connectivity index (χ4n) is 3.03. The quantitative estimate of drug-likeness (QED) is 0.770. The molecule has 4 nitrogen and oxygen atoms in total. The van der Waals surface area contributed by atoms with E-state index in [0.717, 1.165) is 12.8 Å². The van der Waals surface area contributed by atoms with Gasteiger partial charge in [0.1, 0.15) is 5.78 Å². The highest BCUT2D eigenvalue weighted by molar-refractivity contribution is 7.91. The van der Waals surface area contributed by atoms with E-state index in [0.29, 0.717) is 18.5 Å². The first-order valence-corrected chi connectivity index (χ1v) is 8.33. The molecule has 0 aromatic carbocycles. The van der Waals surface area contributed by atoms with Crippen LogP contribution in [0.1, 0.15) is 39.0 Å². The Morgan fingerprint density at radius 2 is 2.06 bits per heavy atom. The lowest BCUT2D eigenvalue weighted by Crippen LogP contribution is -2.30. The second kappa shape index (κ2) is 5.06. The van der Waals surface area contributed by atoms with Gasteiger partial charge in [0.15, 0.2) is 9.84 Å². The van der Waals surface area contributed by atoms with E-state index >= 15 is 0 Å². The van der Waals surface area contributed by atoms with Gasteiger partial charge in [-0.25, -0.2) is 8.42 Å². The van der Waals surface area contributed by atoms with E-state index in [2.05, 4.69) is 5.32 Å². The number of carbonyl (C=O) groups excluding carboxylic acids is 1. The monoisotopic (exact) mass is 259 g/mol. The van der Waals surface area contributed by atoms with Crippen molar-refractivity contribution in [3.05, 3.63) is 0 Å². The third-order valence-corrected chi connectivity index (χ3v) is 5.74. The van der Waals surface area contributed by atoms with Crippen LogP contribution < -0.4 is 5.32 Å². The summed E-state index contributed by atoms with van der Waals surface area (Å²) in [6, 6.07) is 0.822. The molecule has 98 valence electrons. The van der Waals surface area contributed by atoms with Crippen LogP contribution in [-0.2, 0) is 14.6 Å². The zero-order valence-electron chi connectivity index (χ0n) is 10.3. The van der Waals surface area contributed by atoms with Gasteiger partial charge in [-0.15, -0.1) is 0 Å². The van der Waals surface area contributed by atoms with Crippen LogP contribution in [-0.4, -0.2) is 37.8 Å². The molecule has 1 N–H and O–H groups in total. The van der Waals surface area contributed by atoms with Gasteiger partial charge >= 0.3 is 0 Å². The number of hydrogen-bond donors (Lipinski definition) is 1. The first kappa shape index (κ1) is 13.0. The van der Waals surface area contributed by atoms with E-state index in [1.807, 2.05) is 6.92 Å². The lowest BCUT2D eigenvalue weighted by Gasteiger charge is -2.18. The van der Waals surface area contributed by atoms with E-state index in [9.17, 15) is 13.2 Å². The van der Waals surface area contributed by atoms with Crippen LogP contribution in [0, 0.1) is 5.92 Å².